The summed E-state index contributed by atoms with van der Waals surface area (Å²) >= 11 is 5.15. The second-order valence-corrected chi connectivity index (χ2v) is 5.16. The zero-order valence-corrected chi connectivity index (χ0v) is 10.2. The molecule has 0 saturated heterocycles. The van der Waals surface area contributed by atoms with Crippen LogP contribution in [0.4, 0.5) is 0 Å². The predicted octanol–water partition coefficient (Wildman–Crippen LogP) is 3.74. The summed E-state index contributed by atoms with van der Waals surface area (Å²) in [6.45, 7) is 4.38. The smallest absolute Gasteiger partial charge is 0.129 e. The van der Waals surface area contributed by atoms with Gasteiger partial charge in [0.1, 0.15) is 10.5 Å². The highest BCUT2D eigenvalue weighted by atomic mass is 32.1. The van der Waals surface area contributed by atoms with Gasteiger partial charge in [0.05, 0.1) is 0 Å². The number of nitrogens with one attached hydrogen (secondary N) is 1. The van der Waals surface area contributed by atoms with E-state index >= 15 is 0 Å². The molecule has 1 aromatic heterocycles. The summed E-state index contributed by atoms with van der Waals surface area (Å²) in [5.74, 6) is 2.59. The zero-order valence-electron chi connectivity index (χ0n) is 9.42. The van der Waals surface area contributed by atoms with Crippen molar-refractivity contribution in [3.05, 3.63) is 22.2 Å². The molecule has 1 saturated carbocycles. The molecule has 0 aromatic carbocycles. The molecule has 1 N–H and O–H groups in total. The molecule has 0 atom stereocenters. The van der Waals surface area contributed by atoms with Gasteiger partial charge in [0.25, 0.3) is 0 Å². The number of aryl methyl sites for hydroxylation is 1. The molecule has 2 nitrogen and oxygen atoms in total. The first kappa shape index (κ1) is 10.8. The maximum Gasteiger partial charge on any atom is 0.129 e. The van der Waals surface area contributed by atoms with Crippen molar-refractivity contribution in [1.82, 2.24) is 9.97 Å². The standard InChI is InChI=1S/C12H18N2S/c1-8-3-5-10(6-4-8)12-13-9(2)7-11(15)14-12/h7-8,10H,3-6H2,1-2H3,(H,13,14,15). The fourth-order valence-electron chi connectivity index (χ4n) is 2.33. The second-order valence-electron chi connectivity index (χ2n) is 4.74. The second kappa shape index (κ2) is 4.44. The van der Waals surface area contributed by atoms with Crippen molar-refractivity contribution < 1.29 is 0 Å². The summed E-state index contributed by atoms with van der Waals surface area (Å²) in [5, 5.41) is 0. The molecule has 0 unspecified atom stereocenters. The molecule has 0 aliphatic heterocycles. The predicted molar refractivity (Wildman–Crippen MR) is 64.5 cm³/mol. The van der Waals surface area contributed by atoms with Gasteiger partial charge in [-0.15, -0.1) is 0 Å². The molecule has 1 aromatic rings. The maximum atomic E-state index is 5.15. The van der Waals surface area contributed by atoms with Gasteiger partial charge in [0, 0.05) is 11.6 Å². The number of nitrogens with zero attached hydrogens (tertiary/aromatic N) is 1. The molecule has 0 spiro atoms. The van der Waals surface area contributed by atoms with Gasteiger partial charge in [0.2, 0.25) is 0 Å². The van der Waals surface area contributed by atoms with Crippen LogP contribution in [0.1, 0.15) is 50.0 Å². The van der Waals surface area contributed by atoms with Gasteiger partial charge in [0.15, 0.2) is 0 Å². The Labute approximate surface area is 96.1 Å². The molecule has 0 radical (unpaired) electrons. The van der Waals surface area contributed by atoms with Crippen molar-refractivity contribution in [2.75, 3.05) is 0 Å². The van der Waals surface area contributed by atoms with E-state index in [4.69, 9.17) is 12.2 Å². The van der Waals surface area contributed by atoms with E-state index in [1.807, 2.05) is 13.0 Å². The molecule has 82 valence electrons. The minimum absolute atomic E-state index is 0.600. The van der Waals surface area contributed by atoms with Gasteiger partial charge in [-0.2, -0.15) is 0 Å². The van der Waals surface area contributed by atoms with Crippen LogP contribution < -0.4 is 0 Å². The minimum atomic E-state index is 0.600. The first-order valence-electron chi connectivity index (χ1n) is 5.73. The average molecular weight is 222 g/mol. The lowest BCUT2D eigenvalue weighted by Crippen LogP contribution is -2.13. The largest absolute Gasteiger partial charge is 0.347 e. The summed E-state index contributed by atoms with van der Waals surface area (Å²) in [6.07, 6.45) is 5.15. The number of aromatic nitrogens is 2. The molecule has 1 aliphatic rings. The zero-order chi connectivity index (χ0) is 10.8. The molecule has 1 aliphatic carbocycles. The van der Waals surface area contributed by atoms with Gasteiger partial charge >= 0.3 is 0 Å². The lowest BCUT2D eigenvalue weighted by Gasteiger charge is -2.25. The van der Waals surface area contributed by atoms with E-state index in [1.165, 1.54) is 25.7 Å². The van der Waals surface area contributed by atoms with Crippen LogP contribution in [0.5, 0.6) is 0 Å². The van der Waals surface area contributed by atoms with Gasteiger partial charge in [-0.3, -0.25) is 0 Å². The monoisotopic (exact) mass is 222 g/mol. The van der Waals surface area contributed by atoms with Gasteiger partial charge < -0.3 is 4.98 Å². The quantitative estimate of drug-likeness (QED) is 0.733. The molecule has 2 rings (SSSR count). The van der Waals surface area contributed by atoms with E-state index in [9.17, 15) is 0 Å². The van der Waals surface area contributed by atoms with E-state index in [-0.39, 0.29) is 0 Å². The Morgan fingerprint density at radius 3 is 2.60 bits per heavy atom. The Morgan fingerprint density at radius 2 is 2.00 bits per heavy atom. The Hall–Kier alpha value is -0.700. The highest BCUT2D eigenvalue weighted by Crippen LogP contribution is 2.33. The molecular formula is C12H18N2S. The summed E-state index contributed by atoms with van der Waals surface area (Å²) in [7, 11) is 0. The van der Waals surface area contributed by atoms with Crippen molar-refractivity contribution >= 4 is 12.2 Å². The molecule has 0 amide bonds. The third-order valence-corrected chi connectivity index (χ3v) is 3.51. The van der Waals surface area contributed by atoms with E-state index in [0.29, 0.717) is 5.92 Å². The molecule has 1 heterocycles. The molecule has 1 fully saturated rings. The van der Waals surface area contributed by atoms with Crippen LogP contribution in [-0.4, -0.2) is 9.97 Å². The fraction of sp³-hybridized carbons (Fsp3) is 0.667. The van der Waals surface area contributed by atoms with Crippen molar-refractivity contribution in [3.8, 4) is 0 Å². The maximum absolute atomic E-state index is 5.15. The molecular weight excluding hydrogens is 204 g/mol. The van der Waals surface area contributed by atoms with Crippen LogP contribution in [0.25, 0.3) is 0 Å². The Morgan fingerprint density at radius 1 is 1.33 bits per heavy atom. The number of H-pyrrole nitrogens is 1. The van der Waals surface area contributed by atoms with Crippen LogP contribution >= 0.6 is 12.2 Å². The fourth-order valence-corrected chi connectivity index (χ4v) is 2.60. The normalized spacial score (nSPS) is 26.5. The van der Waals surface area contributed by atoms with Gasteiger partial charge in [-0.05, 0) is 31.7 Å². The lowest BCUT2D eigenvalue weighted by atomic mass is 9.82. The van der Waals surface area contributed by atoms with Crippen LogP contribution in [0.15, 0.2) is 6.07 Å². The van der Waals surface area contributed by atoms with Crippen LogP contribution in [0.2, 0.25) is 0 Å². The average Bonchev–Trinajstić information content (AvgIpc) is 2.17. The first-order chi connectivity index (χ1) is 7.15. The van der Waals surface area contributed by atoms with Crippen molar-refractivity contribution in [1.29, 1.82) is 0 Å². The summed E-state index contributed by atoms with van der Waals surface area (Å²) in [5.41, 5.74) is 1.13. The third kappa shape index (κ3) is 2.65. The summed E-state index contributed by atoms with van der Waals surface area (Å²) in [6, 6.07) is 1.92. The topological polar surface area (TPSA) is 28.7 Å². The molecule has 3 heteroatoms. The summed E-state index contributed by atoms with van der Waals surface area (Å²) in [4.78, 5) is 7.80. The molecule has 0 bridgehead atoms. The minimum Gasteiger partial charge on any atom is -0.347 e. The van der Waals surface area contributed by atoms with Crippen molar-refractivity contribution in [3.63, 3.8) is 0 Å². The van der Waals surface area contributed by atoms with Crippen molar-refractivity contribution in [2.24, 2.45) is 5.92 Å². The number of hydrogen-bond donors (Lipinski definition) is 1. The highest BCUT2D eigenvalue weighted by Gasteiger charge is 2.21. The van der Waals surface area contributed by atoms with E-state index in [2.05, 4.69) is 16.9 Å². The Bertz CT molecular complexity index is 389. The first-order valence-corrected chi connectivity index (χ1v) is 6.14. The van der Waals surface area contributed by atoms with Crippen LogP contribution in [-0.2, 0) is 0 Å². The van der Waals surface area contributed by atoms with Crippen molar-refractivity contribution in [2.45, 2.75) is 45.4 Å². The number of aromatic amines is 1. The van der Waals surface area contributed by atoms with Crippen LogP contribution in [0, 0.1) is 17.5 Å². The third-order valence-electron chi connectivity index (χ3n) is 3.30. The molecule has 15 heavy (non-hydrogen) atoms. The van der Waals surface area contributed by atoms with Gasteiger partial charge in [-0.1, -0.05) is 32.0 Å². The number of hydrogen-bond acceptors (Lipinski definition) is 2. The van der Waals surface area contributed by atoms with E-state index in [0.717, 1.165) is 22.1 Å². The highest BCUT2D eigenvalue weighted by molar-refractivity contribution is 7.71. The SMILES string of the molecule is Cc1cc(=S)nc(C2CCC(C)CC2)[nH]1. The van der Waals surface area contributed by atoms with Gasteiger partial charge in [-0.25, -0.2) is 4.98 Å². The Balaban J connectivity index is 2.19. The number of rotatable bonds is 1. The van der Waals surface area contributed by atoms with Crippen LogP contribution in [0.3, 0.4) is 0 Å². The summed E-state index contributed by atoms with van der Waals surface area (Å²) < 4.78 is 0.722. The van der Waals surface area contributed by atoms with E-state index < -0.39 is 0 Å². The Kier molecular flexibility index (Phi) is 3.19. The lowest BCUT2D eigenvalue weighted by molar-refractivity contribution is 0.339. The van der Waals surface area contributed by atoms with E-state index in [1.54, 1.807) is 0 Å².